The molecule has 31 heavy (non-hydrogen) atoms. The van der Waals surface area contributed by atoms with E-state index in [0.29, 0.717) is 34.7 Å². The first-order valence-corrected chi connectivity index (χ1v) is 9.79. The topological polar surface area (TPSA) is 91.4 Å². The molecule has 2 aromatic carbocycles. The number of furan rings is 1. The van der Waals surface area contributed by atoms with E-state index in [1.165, 1.54) is 4.68 Å². The molecule has 0 spiro atoms. The molecule has 0 amide bonds. The smallest absolute Gasteiger partial charge is 0.287 e. The van der Waals surface area contributed by atoms with Crippen molar-refractivity contribution in [3.63, 3.8) is 0 Å². The molecule has 2 heterocycles. The van der Waals surface area contributed by atoms with Crippen molar-refractivity contribution in [3.8, 4) is 22.9 Å². The first-order valence-electron chi connectivity index (χ1n) is 9.41. The first kappa shape index (κ1) is 20.5. The standard InChI is InChI=1S/C22H19ClN4O4/c1-29-17-8-4-15(5-9-17)21-25-22(24-13-19-3-2-12-30-19)27(26-21)20(28)14-31-18-10-6-16(23)7-11-18/h2-12H,13-14H2,1H3,(H,24,25,26). The van der Waals surface area contributed by atoms with Gasteiger partial charge in [-0.2, -0.15) is 9.67 Å². The molecular formula is C22H19ClN4O4. The lowest BCUT2D eigenvalue weighted by atomic mass is 10.2. The molecule has 0 bridgehead atoms. The Morgan fingerprint density at radius 3 is 2.52 bits per heavy atom. The monoisotopic (exact) mass is 438 g/mol. The molecule has 0 fully saturated rings. The number of ether oxygens (including phenoxy) is 2. The molecule has 0 aliphatic rings. The number of nitrogens with one attached hydrogen (secondary N) is 1. The minimum Gasteiger partial charge on any atom is -0.497 e. The van der Waals surface area contributed by atoms with Gasteiger partial charge in [0, 0.05) is 10.6 Å². The number of anilines is 1. The van der Waals surface area contributed by atoms with Gasteiger partial charge in [0.1, 0.15) is 17.3 Å². The van der Waals surface area contributed by atoms with E-state index in [1.54, 1.807) is 55.8 Å². The fourth-order valence-electron chi connectivity index (χ4n) is 2.78. The van der Waals surface area contributed by atoms with Crippen molar-refractivity contribution in [2.45, 2.75) is 6.54 Å². The van der Waals surface area contributed by atoms with Crippen LogP contribution >= 0.6 is 11.6 Å². The summed E-state index contributed by atoms with van der Waals surface area (Å²) in [4.78, 5) is 17.3. The van der Waals surface area contributed by atoms with E-state index >= 15 is 0 Å². The van der Waals surface area contributed by atoms with Crippen LogP contribution < -0.4 is 14.8 Å². The molecular weight excluding hydrogens is 420 g/mol. The van der Waals surface area contributed by atoms with Gasteiger partial charge in [-0.05, 0) is 60.7 Å². The highest BCUT2D eigenvalue weighted by molar-refractivity contribution is 6.30. The summed E-state index contributed by atoms with van der Waals surface area (Å²) < 4.78 is 17.3. The maximum absolute atomic E-state index is 12.8. The highest BCUT2D eigenvalue weighted by atomic mass is 35.5. The SMILES string of the molecule is COc1ccc(-c2nc(NCc3ccco3)n(C(=O)COc3ccc(Cl)cc3)n2)cc1. The van der Waals surface area contributed by atoms with Gasteiger partial charge in [0.25, 0.3) is 5.91 Å². The number of carbonyl (C=O) groups is 1. The van der Waals surface area contributed by atoms with Gasteiger partial charge in [-0.25, -0.2) is 0 Å². The molecule has 4 rings (SSSR count). The van der Waals surface area contributed by atoms with Gasteiger partial charge in [-0.15, -0.1) is 5.10 Å². The number of halogens is 1. The number of nitrogens with zero attached hydrogens (tertiary/aromatic N) is 3. The third-order valence-corrected chi connectivity index (χ3v) is 4.62. The van der Waals surface area contributed by atoms with Crippen molar-refractivity contribution in [2.75, 3.05) is 19.0 Å². The number of methoxy groups -OCH3 is 1. The normalized spacial score (nSPS) is 10.6. The summed E-state index contributed by atoms with van der Waals surface area (Å²) in [5, 5.41) is 8.06. The second-order valence-corrected chi connectivity index (χ2v) is 6.91. The van der Waals surface area contributed by atoms with Gasteiger partial charge < -0.3 is 19.2 Å². The zero-order valence-electron chi connectivity index (χ0n) is 16.6. The third kappa shape index (κ3) is 5.04. The van der Waals surface area contributed by atoms with Crippen LogP contribution in [-0.4, -0.2) is 34.4 Å². The Morgan fingerprint density at radius 2 is 1.84 bits per heavy atom. The second kappa shape index (κ2) is 9.36. The number of benzene rings is 2. The van der Waals surface area contributed by atoms with Crippen LogP contribution in [0.5, 0.6) is 11.5 Å². The van der Waals surface area contributed by atoms with Gasteiger partial charge >= 0.3 is 0 Å². The lowest BCUT2D eigenvalue weighted by molar-refractivity contribution is 0.0824. The average molecular weight is 439 g/mol. The van der Waals surface area contributed by atoms with Crippen molar-refractivity contribution in [3.05, 3.63) is 77.7 Å². The molecule has 1 N–H and O–H groups in total. The van der Waals surface area contributed by atoms with Gasteiger partial charge in [0.2, 0.25) is 5.95 Å². The number of aromatic nitrogens is 3. The molecule has 0 aliphatic heterocycles. The molecule has 0 aliphatic carbocycles. The quantitative estimate of drug-likeness (QED) is 0.432. The van der Waals surface area contributed by atoms with Crippen LogP contribution in [0.25, 0.3) is 11.4 Å². The number of rotatable bonds is 8. The Labute approximate surface area is 183 Å². The summed E-state index contributed by atoms with van der Waals surface area (Å²) in [6.07, 6.45) is 1.58. The zero-order valence-corrected chi connectivity index (χ0v) is 17.4. The van der Waals surface area contributed by atoms with E-state index in [9.17, 15) is 4.79 Å². The van der Waals surface area contributed by atoms with Gasteiger partial charge in [0.15, 0.2) is 12.4 Å². The number of hydrogen-bond donors (Lipinski definition) is 1. The van der Waals surface area contributed by atoms with Crippen LogP contribution in [0.15, 0.2) is 71.3 Å². The molecule has 158 valence electrons. The first-order chi connectivity index (χ1) is 15.1. The largest absolute Gasteiger partial charge is 0.497 e. The van der Waals surface area contributed by atoms with E-state index < -0.39 is 0 Å². The molecule has 8 nitrogen and oxygen atoms in total. The molecule has 4 aromatic rings. The van der Waals surface area contributed by atoms with Crippen molar-refractivity contribution in [1.29, 1.82) is 0 Å². The Morgan fingerprint density at radius 1 is 1.10 bits per heavy atom. The number of hydrogen-bond acceptors (Lipinski definition) is 7. The fraction of sp³-hybridized carbons (Fsp3) is 0.136. The van der Waals surface area contributed by atoms with Crippen molar-refractivity contribution in [1.82, 2.24) is 14.8 Å². The van der Waals surface area contributed by atoms with Crippen molar-refractivity contribution in [2.24, 2.45) is 0 Å². The van der Waals surface area contributed by atoms with Crippen molar-refractivity contribution < 1.29 is 18.7 Å². The Kier molecular flexibility index (Phi) is 6.18. The Balaban J connectivity index is 1.55. The summed E-state index contributed by atoms with van der Waals surface area (Å²) in [5.41, 5.74) is 0.743. The molecule has 0 saturated heterocycles. The summed E-state index contributed by atoms with van der Waals surface area (Å²) in [7, 11) is 1.60. The minimum atomic E-state index is -0.385. The summed E-state index contributed by atoms with van der Waals surface area (Å²) >= 11 is 5.88. The lowest BCUT2D eigenvalue weighted by Gasteiger charge is -2.08. The molecule has 0 unspecified atom stereocenters. The van der Waals surface area contributed by atoms with Crippen LogP contribution in [0.2, 0.25) is 5.02 Å². The highest BCUT2D eigenvalue weighted by Crippen LogP contribution is 2.22. The van der Waals surface area contributed by atoms with Crippen LogP contribution in [0.4, 0.5) is 5.95 Å². The van der Waals surface area contributed by atoms with E-state index in [1.807, 2.05) is 18.2 Å². The van der Waals surface area contributed by atoms with Crippen molar-refractivity contribution >= 4 is 23.5 Å². The second-order valence-electron chi connectivity index (χ2n) is 6.47. The van der Waals surface area contributed by atoms with Crippen LogP contribution in [0.1, 0.15) is 10.6 Å². The molecule has 0 radical (unpaired) electrons. The molecule has 9 heteroatoms. The van der Waals surface area contributed by atoms with E-state index in [4.69, 9.17) is 25.5 Å². The summed E-state index contributed by atoms with van der Waals surface area (Å²) in [5.74, 6) is 2.23. The van der Waals surface area contributed by atoms with Gasteiger partial charge in [-0.3, -0.25) is 4.79 Å². The third-order valence-electron chi connectivity index (χ3n) is 4.37. The predicted octanol–water partition coefficient (Wildman–Crippen LogP) is 4.53. The van der Waals surface area contributed by atoms with E-state index in [2.05, 4.69) is 15.4 Å². The fourth-order valence-corrected chi connectivity index (χ4v) is 2.91. The lowest BCUT2D eigenvalue weighted by Crippen LogP contribution is -2.22. The molecule has 0 atom stereocenters. The maximum Gasteiger partial charge on any atom is 0.287 e. The minimum absolute atomic E-state index is 0.220. The number of carbonyl (C=O) groups excluding carboxylic acids is 1. The Hall–Kier alpha value is -3.78. The molecule has 2 aromatic heterocycles. The summed E-state index contributed by atoms with van der Waals surface area (Å²) in [6.45, 7) is 0.127. The van der Waals surface area contributed by atoms with Gasteiger partial charge in [0.05, 0.1) is 19.9 Å². The summed E-state index contributed by atoms with van der Waals surface area (Å²) in [6, 6.07) is 17.6. The highest BCUT2D eigenvalue weighted by Gasteiger charge is 2.18. The zero-order chi connectivity index (χ0) is 21.6. The van der Waals surface area contributed by atoms with E-state index in [-0.39, 0.29) is 18.5 Å². The predicted molar refractivity (Wildman–Crippen MR) is 116 cm³/mol. The van der Waals surface area contributed by atoms with Crippen LogP contribution in [-0.2, 0) is 6.54 Å². The molecule has 0 saturated carbocycles. The van der Waals surface area contributed by atoms with E-state index in [0.717, 1.165) is 5.56 Å². The maximum atomic E-state index is 12.8. The Bertz CT molecular complexity index is 1140. The van der Waals surface area contributed by atoms with Gasteiger partial charge in [-0.1, -0.05) is 11.6 Å². The van der Waals surface area contributed by atoms with Crippen LogP contribution in [0, 0.1) is 0 Å². The van der Waals surface area contributed by atoms with Crippen LogP contribution in [0.3, 0.4) is 0 Å². The average Bonchev–Trinajstić information content (AvgIpc) is 3.47.